The molecule has 0 bridgehead atoms. The van der Waals surface area contributed by atoms with Crippen LogP contribution in [0.15, 0.2) is 193 Å². The lowest BCUT2D eigenvalue weighted by atomic mass is 9.65. The van der Waals surface area contributed by atoms with Crippen LogP contribution in [0.1, 0.15) is 28.2 Å². The second-order valence-corrected chi connectivity index (χ2v) is 14.0. The van der Waals surface area contributed by atoms with Gasteiger partial charge in [0, 0.05) is 45.7 Å². The number of fused-ring (bicyclic) bond motifs is 13. The zero-order valence-corrected chi connectivity index (χ0v) is 27.9. The third kappa shape index (κ3) is 3.99. The molecule has 0 saturated heterocycles. The van der Waals surface area contributed by atoms with Crippen LogP contribution in [-0.4, -0.2) is 0 Å². The van der Waals surface area contributed by atoms with E-state index in [0.717, 1.165) is 39.0 Å². The zero-order chi connectivity index (χ0) is 33.5. The molecule has 3 aliphatic carbocycles. The minimum atomic E-state index is -0.248. The normalized spacial score (nSPS) is 17.4. The van der Waals surface area contributed by atoms with Gasteiger partial charge in [0.25, 0.3) is 0 Å². The summed E-state index contributed by atoms with van der Waals surface area (Å²) in [6, 6.07) is 59.9. The van der Waals surface area contributed by atoms with Crippen LogP contribution in [0, 0.1) is 5.92 Å². The van der Waals surface area contributed by atoms with Gasteiger partial charge in [-0.1, -0.05) is 140 Å². The molecule has 2 nitrogen and oxygen atoms in total. The number of hydrogen-bond acceptors (Lipinski definition) is 2. The average Bonchev–Trinajstić information content (AvgIpc) is 3.82. The molecular weight excluding hydrogens is 619 g/mol. The molecule has 2 unspecified atom stereocenters. The van der Waals surface area contributed by atoms with E-state index in [0.29, 0.717) is 0 Å². The number of rotatable bonds is 4. The lowest BCUT2D eigenvalue weighted by molar-refractivity contribution is 0.465. The van der Waals surface area contributed by atoms with Crippen LogP contribution in [0.25, 0.3) is 44.2 Å². The van der Waals surface area contributed by atoms with Crippen molar-refractivity contribution in [2.24, 2.45) is 5.92 Å². The standard InChI is InChI=1S/C49H33NO/c1-2-12-32(13-3-1)33-22-24-34(25-23-33)50(36-26-28-41-40-17-7-11-21-47(40)51-48(41)31-36)35-27-29-46-42(30-35)39-16-6-10-20-45(39)49(46)43-18-8-4-14-37(43)38-15-5-9-19-44(38)49/h1-31,39,45H. The van der Waals surface area contributed by atoms with Gasteiger partial charge in [-0.3, -0.25) is 0 Å². The Bertz CT molecular complexity index is 2670. The maximum Gasteiger partial charge on any atom is 0.137 e. The number of hydrogen-bond donors (Lipinski definition) is 0. The van der Waals surface area contributed by atoms with Gasteiger partial charge in [0.15, 0.2) is 0 Å². The van der Waals surface area contributed by atoms with Gasteiger partial charge in [-0.25, -0.2) is 0 Å². The molecule has 0 radical (unpaired) electrons. The van der Waals surface area contributed by atoms with Gasteiger partial charge in [-0.2, -0.15) is 0 Å². The summed E-state index contributed by atoms with van der Waals surface area (Å²) in [5.41, 5.74) is 15.6. The fourth-order valence-corrected chi connectivity index (χ4v) is 9.47. The first-order chi connectivity index (χ1) is 25.3. The summed E-state index contributed by atoms with van der Waals surface area (Å²) in [5.74, 6) is 0.535. The smallest absolute Gasteiger partial charge is 0.137 e. The van der Waals surface area contributed by atoms with Crippen LogP contribution >= 0.6 is 0 Å². The Labute approximate surface area is 297 Å². The van der Waals surface area contributed by atoms with E-state index in [4.69, 9.17) is 4.42 Å². The SMILES string of the molecule is C1=CC2c3cc(N(c4ccc(-c5ccccc5)cc4)c4ccc5c(c4)oc4ccccc45)ccc3C3(c4ccccc4-c4ccccc43)C2C=C1. The maximum absolute atomic E-state index is 6.42. The molecule has 2 heteroatoms. The zero-order valence-electron chi connectivity index (χ0n) is 27.9. The Hall–Kier alpha value is -6.38. The average molecular weight is 652 g/mol. The van der Waals surface area contributed by atoms with Crippen molar-refractivity contribution in [3.63, 3.8) is 0 Å². The van der Waals surface area contributed by atoms with E-state index in [1.165, 1.54) is 44.5 Å². The number of benzene rings is 7. The lowest BCUT2D eigenvalue weighted by Gasteiger charge is -2.36. The lowest BCUT2D eigenvalue weighted by Crippen LogP contribution is -2.32. The highest BCUT2D eigenvalue weighted by atomic mass is 16.3. The van der Waals surface area contributed by atoms with E-state index in [9.17, 15) is 0 Å². The van der Waals surface area contributed by atoms with Crippen LogP contribution in [0.4, 0.5) is 17.1 Å². The monoisotopic (exact) mass is 651 g/mol. The van der Waals surface area contributed by atoms with E-state index < -0.39 is 0 Å². The van der Waals surface area contributed by atoms with Crippen molar-refractivity contribution in [1.29, 1.82) is 0 Å². The van der Waals surface area contributed by atoms with E-state index >= 15 is 0 Å². The fraction of sp³-hybridized carbons (Fsp3) is 0.0612. The van der Waals surface area contributed by atoms with Crippen molar-refractivity contribution in [1.82, 2.24) is 0 Å². The van der Waals surface area contributed by atoms with Gasteiger partial charge in [0.2, 0.25) is 0 Å². The largest absolute Gasteiger partial charge is 0.456 e. The summed E-state index contributed by atoms with van der Waals surface area (Å²) in [5, 5.41) is 2.27. The molecule has 0 fully saturated rings. The summed E-state index contributed by atoms with van der Waals surface area (Å²) in [6.07, 6.45) is 9.37. The Kier molecular flexibility index (Phi) is 6.03. The predicted octanol–water partition coefficient (Wildman–Crippen LogP) is 12.9. The molecule has 0 saturated carbocycles. The van der Waals surface area contributed by atoms with Crippen molar-refractivity contribution < 1.29 is 4.42 Å². The van der Waals surface area contributed by atoms with E-state index in [-0.39, 0.29) is 17.3 Å². The van der Waals surface area contributed by atoms with Crippen LogP contribution in [0.5, 0.6) is 0 Å². The predicted molar refractivity (Wildman–Crippen MR) is 210 cm³/mol. The maximum atomic E-state index is 6.42. The van der Waals surface area contributed by atoms with Crippen molar-refractivity contribution in [3.8, 4) is 22.3 Å². The highest BCUT2D eigenvalue weighted by Crippen LogP contribution is 2.65. The molecule has 8 aromatic rings. The quantitative estimate of drug-likeness (QED) is 0.188. The Morgan fingerprint density at radius 2 is 1.06 bits per heavy atom. The van der Waals surface area contributed by atoms with Gasteiger partial charge in [0.1, 0.15) is 11.2 Å². The van der Waals surface area contributed by atoms with Crippen molar-refractivity contribution in [2.45, 2.75) is 11.3 Å². The summed E-state index contributed by atoms with van der Waals surface area (Å²) < 4.78 is 6.42. The minimum absolute atomic E-state index is 0.248. The molecule has 51 heavy (non-hydrogen) atoms. The number of furan rings is 1. The number of anilines is 3. The van der Waals surface area contributed by atoms with Crippen LogP contribution in [0.2, 0.25) is 0 Å². The third-order valence-electron chi connectivity index (χ3n) is 11.6. The second-order valence-electron chi connectivity index (χ2n) is 14.0. The highest BCUT2D eigenvalue weighted by molar-refractivity contribution is 6.06. The van der Waals surface area contributed by atoms with Gasteiger partial charge >= 0.3 is 0 Å². The van der Waals surface area contributed by atoms with Crippen molar-refractivity contribution in [3.05, 3.63) is 210 Å². The molecule has 0 amide bonds. The molecule has 240 valence electrons. The Morgan fingerprint density at radius 3 is 1.86 bits per heavy atom. The molecule has 2 atom stereocenters. The molecule has 0 aliphatic heterocycles. The summed E-state index contributed by atoms with van der Waals surface area (Å²) >= 11 is 0. The molecule has 3 aliphatic rings. The molecule has 1 aromatic heterocycles. The molecular formula is C49H33NO. The number of para-hydroxylation sites is 1. The van der Waals surface area contributed by atoms with E-state index in [1.54, 1.807) is 0 Å². The van der Waals surface area contributed by atoms with Gasteiger partial charge < -0.3 is 9.32 Å². The fourth-order valence-electron chi connectivity index (χ4n) is 9.47. The van der Waals surface area contributed by atoms with Gasteiger partial charge in [-0.05, 0) is 87.0 Å². The third-order valence-corrected chi connectivity index (χ3v) is 11.6. The summed E-state index contributed by atoms with van der Waals surface area (Å²) in [6.45, 7) is 0. The van der Waals surface area contributed by atoms with Crippen molar-refractivity contribution in [2.75, 3.05) is 4.90 Å². The van der Waals surface area contributed by atoms with Crippen LogP contribution in [0.3, 0.4) is 0 Å². The molecule has 7 aromatic carbocycles. The van der Waals surface area contributed by atoms with Gasteiger partial charge in [0.05, 0.1) is 5.41 Å². The van der Waals surface area contributed by atoms with Crippen molar-refractivity contribution >= 4 is 39.0 Å². The topological polar surface area (TPSA) is 16.4 Å². The summed E-state index contributed by atoms with van der Waals surface area (Å²) in [7, 11) is 0. The first-order valence-electron chi connectivity index (χ1n) is 17.8. The molecule has 1 heterocycles. The first-order valence-corrected chi connectivity index (χ1v) is 17.8. The Morgan fingerprint density at radius 1 is 0.451 bits per heavy atom. The summed E-state index contributed by atoms with van der Waals surface area (Å²) in [4.78, 5) is 2.39. The minimum Gasteiger partial charge on any atom is -0.456 e. The highest BCUT2D eigenvalue weighted by Gasteiger charge is 2.57. The van der Waals surface area contributed by atoms with Crippen LogP contribution in [-0.2, 0) is 5.41 Å². The van der Waals surface area contributed by atoms with E-state index in [1.807, 2.05) is 12.1 Å². The Balaban J connectivity index is 1.12. The molecule has 0 N–H and O–H groups in total. The second kappa shape index (κ2) is 10.8. The molecule has 1 spiro atoms. The first kappa shape index (κ1) is 28.5. The molecule has 11 rings (SSSR count). The van der Waals surface area contributed by atoms with Gasteiger partial charge in [-0.15, -0.1) is 0 Å². The number of nitrogens with zero attached hydrogens (tertiary/aromatic N) is 1. The van der Waals surface area contributed by atoms with Crippen LogP contribution < -0.4 is 4.90 Å². The van der Waals surface area contributed by atoms with E-state index in [2.05, 4.69) is 181 Å². The number of allylic oxidation sites excluding steroid dienone is 4.